The number of hydrazone groups is 1. The average Bonchev–Trinajstić information content (AvgIpc) is 3.34. The molecule has 32 heavy (non-hydrogen) atoms. The van der Waals surface area contributed by atoms with Crippen molar-refractivity contribution in [3.05, 3.63) is 82.2 Å². The van der Waals surface area contributed by atoms with E-state index < -0.39 is 11.9 Å². The highest BCUT2D eigenvalue weighted by Gasteiger charge is 2.15. The summed E-state index contributed by atoms with van der Waals surface area (Å²) in [5.41, 5.74) is 3.32. The van der Waals surface area contributed by atoms with Crippen molar-refractivity contribution in [1.82, 2.24) is 10.7 Å². The summed E-state index contributed by atoms with van der Waals surface area (Å²) in [5.74, 6) is -0.997. The molecule has 0 fully saturated rings. The van der Waals surface area contributed by atoms with Crippen molar-refractivity contribution in [3.63, 3.8) is 0 Å². The van der Waals surface area contributed by atoms with Gasteiger partial charge in [0.25, 0.3) is 11.8 Å². The average molecular weight is 500 g/mol. The summed E-state index contributed by atoms with van der Waals surface area (Å²) in [4.78, 5) is 36.0. The van der Waals surface area contributed by atoms with Crippen LogP contribution in [0.5, 0.6) is 11.5 Å². The molecule has 0 bridgehead atoms. The summed E-state index contributed by atoms with van der Waals surface area (Å²) in [5, 5.41) is 6.37. The molecule has 10 heteroatoms. The smallest absolute Gasteiger partial charge is 0.379 e. The van der Waals surface area contributed by atoms with Crippen LogP contribution < -0.4 is 20.2 Å². The second-order valence-electron chi connectivity index (χ2n) is 6.23. The predicted octanol–water partition coefficient (Wildman–Crippen LogP) is 3.15. The third kappa shape index (κ3) is 6.05. The lowest BCUT2D eigenvalue weighted by molar-refractivity contribution is -0.120. The van der Waals surface area contributed by atoms with Crippen molar-refractivity contribution in [2.45, 2.75) is 0 Å². The Labute approximate surface area is 191 Å². The van der Waals surface area contributed by atoms with Crippen LogP contribution in [0.1, 0.15) is 26.5 Å². The van der Waals surface area contributed by atoms with Gasteiger partial charge in [0.05, 0.1) is 31.7 Å². The molecule has 0 unspecified atom stereocenters. The van der Waals surface area contributed by atoms with E-state index in [4.69, 9.17) is 13.9 Å². The van der Waals surface area contributed by atoms with E-state index in [1.807, 2.05) is 0 Å². The van der Waals surface area contributed by atoms with Crippen molar-refractivity contribution >= 4 is 39.9 Å². The number of methoxy groups -OCH3 is 1. The van der Waals surface area contributed by atoms with Crippen LogP contribution in [0.3, 0.4) is 0 Å². The number of amides is 2. The van der Waals surface area contributed by atoms with Crippen molar-refractivity contribution in [1.29, 1.82) is 0 Å². The van der Waals surface area contributed by atoms with Crippen LogP contribution in [0.4, 0.5) is 0 Å². The zero-order valence-electron chi connectivity index (χ0n) is 16.8. The maximum atomic E-state index is 12.1. The van der Waals surface area contributed by atoms with Crippen molar-refractivity contribution in [2.75, 3.05) is 13.7 Å². The Hall–Kier alpha value is -3.92. The number of rotatable bonds is 8. The Balaban J connectivity index is 1.53. The van der Waals surface area contributed by atoms with E-state index in [1.54, 1.807) is 42.5 Å². The highest BCUT2D eigenvalue weighted by molar-refractivity contribution is 9.10. The van der Waals surface area contributed by atoms with E-state index in [0.717, 1.165) is 0 Å². The first kappa shape index (κ1) is 22.8. The minimum atomic E-state index is -0.661. The summed E-state index contributed by atoms with van der Waals surface area (Å²) >= 11 is 3.28. The number of esters is 1. The van der Waals surface area contributed by atoms with Gasteiger partial charge in [-0.3, -0.25) is 9.59 Å². The van der Waals surface area contributed by atoms with Gasteiger partial charge >= 0.3 is 5.97 Å². The lowest BCUT2D eigenvalue weighted by Crippen LogP contribution is -2.35. The quantitative estimate of drug-likeness (QED) is 0.212. The molecule has 0 saturated heterocycles. The van der Waals surface area contributed by atoms with Crippen LogP contribution in [-0.4, -0.2) is 37.7 Å². The Morgan fingerprint density at radius 1 is 1.09 bits per heavy atom. The number of furan rings is 1. The van der Waals surface area contributed by atoms with Gasteiger partial charge in [0.1, 0.15) is 0 Å². The van der Waals surface area contributed by atoms with Crippen LogP contribution in [0.15, 0.2) is 74.9 Å². The van der Waals surface area contributed by atoms with Crippen LogP contribution in [0.25, 0.3) is 0 Å². The molecule has 0 aliphatic heterocycles. The number of nitrogens with zero attached hydrogens (tertiary/aromatic N) is 1. The number of hydrogen-bond donors (Lipinski definition) is 2. The minimum absolute atomic E-state index is 0.0621. The van der Waals surface area contributed by atoms with Gasteiger partial charge in [-0.2, -0.15) is 5.10 Å². The number of ether oxygens (including phenoxy) is 2. The van der Waals surface area contributed by atoms with Gasteiger partial charge in [-0.1, -0.05) is 12.1 Å². The summed E-state index contributed by atoms with van der Waals surface area (Å²) in [6.07, 6.45) is 2.75. The number of halogens is 1. The van der Waals surface area contributed by atoms with Gasteiger partial charge in [0.15, 0.2) is 11.5 Å². The molecular weight excluding hydrogens is 482 g/mol. The largest absolute Gasteiger partial charge is 0.493 e. The fourth-order valence-corrected chi connectivity index (χ4v) is 2.98. The molecule has 0 atom stereocenters. The normalized spacial score (nSPS) is 10.6. The summed E-state index contributed by atoms with van der Waals surface area (Å²) in [7, 11) is 1.43. The van der Waals surface area contributed by atoms with Gasteiger partial charge in [0, 0.05) is 4.47 Å². The third-order valence-corrected chi connectivity index (χ3v) is 4.74. The molecule has 1 heterocycles. The Morgan fingerprint density at radius 3 is 2.62 bits per heavy atom. The number of benzene rings is 2. The number of nitrogens with one attached hydrogen (secondary N) is 2. The first-order chi connectivity index (χ1) is 15.5. The molecule has 0 aliphatic carbocycles. The maximum absolute atomic E-state index is 12.1. The summed E-state index contributed by atoms with van der Waals surface area (Å²) in [6.45, 7) is -0.248. The summed E-state index contributed by atoms with van der Waals surface area (Å²) in [6, 6.07) is 14.7. The molecule has 0 radical (unpaired) electrons. The van der Waals surface area contributed by atoms with E-state index in [9.17, 15) is 14.4 Å². The van der Waals surface area contributed by atoms with E-state index in [1.165, 1.54) is 31.7 Å². The Bertz CT molecular complexity index is 1140. The maximum Gasteiger partial charge on any atom is 0.379 e. The number of carbonyl (C=O) groups excluding carboxylic acids is 3. The number of hydrogen-bond acceptors (Lipinski definition) is 7. The van der Waals surface area contributed by atoms with E-state index in [-0.39, 0.29) is 24.0 Å². The summed E-state index contributed by atoms with van der Waals surface area (Å²) < 4.78 is 16.1. The Morgan fingerprint density at radius 2 is 1.91 bits per heavy atom. The molecule has 1 aromatic heterocycles. The first-order valence-corrected chi connectivity index (χ1v) is 10.1. The molecule has 0 aliphatic rings. The number of carbonyl (C=O) groups is 3. The SMILES string of the molecule is COc1cc(/C=N/NC(=O)CNC(=O)c2ccccc2Br)ccc1OC(=O)c1ccco1. The molecule has 2 N–H and O–H groups in total. The van der Waals surface area contributed by atoms with Crippen molar-refractivity contribution in [3.8, 4) is 11.5 Å². The van der Waals surface area contributed by atoms with Gasteiger partial charge in [-0.15, -0.1) is 0 Å². The van der Waals surface area contributed by atoms with Crippen LogP contribution in [0.2, 0.25) is 0 Å². The minimum Gasteiger partial charge on any atom is -0.493 e. The standard InChI is InChI=1S/C22H18BrN3O6/c1-30-19-11-14(8-9-17(19)32-22(29)18-7-4-10-31-18)12-25-26-20(27)13-24-21(28)15-5-2-3-6-16(15)23/h2-12H,13H2,1H3,(H,24,28)(H,26,27)/b25-12+. The predicted molar refractivity (Wildman–Crippen MR) is 119 cm³/mol. The molecule has 164 valence electrons. The highest BCUT2D eigenvalue weighted by Crippen LogP contribution is 2.28. The van der Waals surface area contributed by atoms with Crippen LogP contribution >= 0.6 is 15.9 Å². The van der Waals surface area contributed by atoms with Gasteiger partial charge in [0.2, 0.25) is 5.76 Å². The van der Waals surface area contributed by atoms with Gasteiger partial charge < -0.3 is 19.2 Å². The monoisotopic (exact) mass is 499 g/mol. The second kappa shape index (κ2) is 10.9. The Kier molecular flexibility index (Phi) is 7.76. The lowest BCUT2D eigenvalue weighted by Gasteiger charge is -2.09. The highest BCUT2D eigenvalue weighted by atomic mass is 79.9. The van der Waals surface area contributed by atoms with E-state index in [2.05, 4.69) is 31.8 Å². The molecule has 2 amide bonds. The third-order valence-electron chi connectivity index (χ3n) is 4.04. The van der Waals surface area contributed by atoms with Gasteiger partial charge in [-0.05, 0) is 64.0 Å². The fourth-order valence-electron chi connectivity index (χ4n) is 2.51. The van der Waals surface area contributed by atoms with Crippen LogP contribution in [0, 0.1) is 0 Å². The van der Waals surface area contributed by atoms with Crippen molar-refractivity contribution in [2.24, 2.45) is 5.10 Å². The lowest BCUT2D eigenvalue weighted by atomic mass is 10.2. The molecular formula is C22H18BrN3O6. The second-order valence-corrected chi connectivity index (χ2v) is 7.09. The van der Waals surface area contributed by atoms with Crippen LogP contribution in [-0.2, 0) is 4.79 Å². The molecule has 0 spiro atoms. The van der Waals surface area contributed by atoms with E-state index in [0.29, 0.717) is 21.3 Å². The molecule has 2 aromatic carbocycles. The first-order valence-electron chi connectivity index (χ1n) is 9.26. The zero-order valence-corrected chi connectivity index (χ0v) is 18.4. The van der Waals surface area contributed by atoms with Crippen molar-refractivity contribution < 1.29 is 28.3 Å². The molecule has 3 aromatic rings. The topological polar surface area (TPSA) is 119 Å². The molecule has 3 rings (SSSR count). The van der Waals surface area contributed by atoms with E-state index >= 15 is 0 Å². The zero-order chi connectivity index (χ0) is 22.9. The van der Waals surface area contributed by atoms with Gasteiger partial charge in [-0.25, -0.2) is 10.2 Å². The molecule has 0 saturated carbocycles. The molecule has 9 nitrogen and oxygen atoms in total. The fraction of sp³-hybridized carbons (Fsp3) is 0.0909.